The summed E-state index contributed by atoms with van der Waals surface area (Å²) in [5.41, 5.74) is 11.0. The van der Waals surface area contributed by atoms with E-state index in [1.807, 2.05) is 0 Å². The Balaban J connectivity index is 2.29. The molecule has 0 spiro atoms. The van der Waals surface area contributed by atoms with Crippen molar-refractivity contribution < 1.29 is 9.47 Å². The number of hydrogen-bond acceptors (Lipinski definition) is 4. The number of nitrogens with two attached hydrogens (primary N) is 1. The van der Waals surface area contributed by atoms with Crippen molar-refractivity contribution in [2.75, 3.05) is 37.0 Å². The molecule has 1 aromatic carbocycles. The van der Waals surface area contributed by atoms with Gasteiger partial charge in [0.25, 0.3) is 0 Å². The van der Waals surface area contributed by atoms with Crippen molar-refractivity contribution >= 4 is 11.4 Å². The molecule has 0 aromatic heterocycles. The minimum atomic E-state index is 0.0769. The van der Waals surface area contributed by atoms with Gasteiger partial charge in [0.1, 0.15) is 0 Å². The summed E-state index contributed by atoms with van der Waals surface area (Å²) in [5, 5.41) is 0. The van der Waals surface area contributed by atoms with Gasteiger partial charge in [-0.15, -0.1) is 0 Å². The molecular formula is C22H38N2O2. The second kappa shape index (κ2) is 9.09. The Kier molecular flexibility index (Phi) is 7.36. The van der Waals surface area contributed by atoms with Gasteiger partial charge in [-0.3, -0.25) is 0 Å². The van der Waals surface area contributed by atoms with Crippen molar-refractivity contribution in [2.45, 2.75) is 78.4 Å². The van der Waals surface area contributed by atoms with Gasteiger partial charge in [-0.25, -0.2) is 0 Å². The van der Waals surface area contributed by atoms with E-state index in [9.17, 15) is 0 Å². The Hall–Kier alpha value is -1.26. The standard InChI is InChI=1S/C22H38N2O2/c1-7-9-25-15-18(26-10-8-2)14-24-21-11-16(3)20(23)12-19(21)17(4)13-22(24,5)6/h11-12,17-18H,7-10,13-15,23H2,1-6H3. The average Bonchev–Trinajstić information content (AvgIpc) is 2.57. The van der Waals surface area contributed by atoms with E-state index in [0.29, 0.717) is 12.5 Å². The van der Waals surface area contributed by atoms with E-state index in [2.05, 4.69) is 58.6 Å². The highest BCUT2D eigenvalue weighted by Gasteiger charge is 2.37. The van der Waals surface area contributed by atoms with Crippen LogP contribution in [-0.2, 0) is 9.47 Å². The van der Waals surface area contributed by atoms with Crippen LogP contribution in [0.3, 0.4) is 0 Å². The number of ether oxygens (including phenoxy) is 2. The number of fused-ring (bicyclic) bond motifs is 1. The fourth-order valence-corrected chi connectivity index (χ4v) is 4.00. The first-order chi connectivity index (χ1) is 12.3. The van der Waals surface area contributed by atoms with E-state index >= 15 is 0 Å². The minimum Gasteiger partial charge on any atom is -0.399 e. The van der Waals surface area contributed by atoms with E-state index < -0.39 is 0 Å². The first kappa shape index (κ1) is 21.0. The zero-order valence-electron chi connectivity index (χ0n) is 17.6. The van der Waals surface area contributed by atoms with Crippen LogP contribution in [0.4, 0.5) is 11.4 Å². The molecule has 26 heavy (non-hydrogen) atoms. The predicted octanol–water partition coefficient (Wildman–Crippen LogP) is 4.89. The van der Waals surface area contributed by atoms with Crippen molar-refractivity contribution in [1.82, 2.24) is 0 Å². The van der Waals surface area contributed by atoms with Crippen molar-refractivity contribution in [1.29, 1.82) is 0 Å². The third kappa shape index (κ3) is 4.92. The zero-order chi connectivity index (χ0) is 19.3. The molecule has 1 aliphatic heterocycles. The second-order valence-corrected chi connectivity index (χ2v) is 8.36. The normalized spacial score (nSPS) is 20.1. The molecule has 0 saturated heterocycles. The predicted molar refractivity (Wildman–Crippen MR) is 111 cm³/mol. The van der Waals surface area contributed by atoms with Crippen LogP contribution < -0.4 is 10.6 Å². The first-order valence-corrected chi connectivity index (χ1v) is 10.2. The molecule has 2 N–H and O–H groups in total. The van der Waals surface area contributed by atoms with Crippen LogP contribution in [0.15, 0.2) is 12.1 Å². The van der Waals surface area contributed by atoms with E-state index in [1.165, 1.54) is 11.3 Å². The molecule has 1 heterocycles. The maximum absolute atomic E-state index is 6.20. The fraction of sp³-hybridized carbons (Fsp3) is 0.727. The molecule has 0 bridgehead atoms. The van der Waals surface area contributed by atoms with Gasteiger partial charge >= 0.3 is 0 Å². The maximum atomic E-state index is 6.20. The van der Waals surface area contributed by atoms with Gasteiger partial charge < -0.3 is 20.1 Å². The van der Waals surface area contributed by atoms with Crippen molar-refractivity contribution in [3.8, 4) is 0 Å². The van der Waals surface area contributed by atoms with Crippen LogP contribution in [0.25, 0.3) is 0 Å². The quantitative estimate of drug-likeness (QED) is 0.502. The summed E-state index contributed by atoms with van der Waals surface area (Å²) >= 11 is 0. The van der Waals surface area contributed by atoms with E-state index in [0.717, 1.165) is 50.3 Å². The SMILES string of the molecule is CCCOCC(CN1c2cc(C)c(N)cc2C(C)CC1(C)C)OCCC. The fourth-order valence-electron chi connectivity index (χ4n) is 4.00. The third-order valence-corrected chi connectivity index (χ3v) is 5.37. The Labute approximate surface area is 160 Å². The molecule has 0 radical (unpaired) electrons. The molecular weight excluding hydrogens is 324 g/mol. The first-order valence-electron chi connectivity index (χ1n) is 10.2. The van der Waals surface area contributed by atoms with Crippen LogP contribution in [0, 0.1) is 6.92 Å². The monoisotopic (exact) mass is 362 g/mol. The smallest absolute Gasteiger partial charge is 0.0982 e. The van der Waals surface area contributed by atoms with E-state index in [-0.39, 0.29) is 11.6 Å². The van der Waals surface area contributed by atoms with Crippen LogP contribution in [0.2, 0.25) is 0 Å². The van der Waals surface area contributed by atoms with Crippen LogP contribution in [-0.4, -0.2) is 38.0 Å². The molecule has 4 nitrogen and oxygen atoms in total. The van der Waals surface area contributed by atoms with Gasteiger partial charge in [-0.2, -0.15) is 0 Å². The van der Waals surface area contributed by atoms with Gasteiger partial charge in [0.15, 0.2) is 0 Å². The number of rotatable bonds is 9. The lowest BCUT2D eigenvalue weighted by Gasteiger charge is -2.49. The molecule has 1 aromatic rings. The highest BCUT2D eigenvalue weighted by molar-refractivity contribution is 5.67. The summed E-state index contributed by atoms with van der Waals surface area (Å²) in [6.45, 7) is 16.4. The summed E-state index contributed by atoms with van der Waals surface area (Å²) < 4.78 is 12.0. The largest absolute Gasteiger partial charge is 0.399 e. The molecule has 4 heteroatoms. The van der Waals surface area contributed by atoms with Crippen LogP contribution in [0.5, 0.6) is 0 Å². The summed E-state index contributed by atoms with van der Waals surface area (Å²) in [4.78, 5) is 2.52. The molecule has 2 atom stereocenters. The van der Waals surface area contributed by atoms with E-state index in [1.54, 1.807) is 0 Å². The highest BCUT2D eigenvalue weighted by Crippen LogP contribution is 2.44. The Bertz CT molecular complexity index is 586. The second-order valence-electron chi connectivity index (χ2n) is 8.36. The molecule has 0 saturated carbocycles. The van der Waals surface area contributed by atoms with Gasteiger partial charge in [0, 0.05) is 36.7 Å². The van der Waals surface area contributed by atoms with Gasteiger partial charge in [0.2, 0.25) is 0 Å². The van der Waals surface area contributed by atoms with Gasteiger partial charge in [-0.1, -0.05) is 20.8 Å². The molecule has 2 unspecified atom stereocenters. The minimum absolute atomic E-state index is 0.0769. The maximum Gasteiger partial charge on any atom is 0.0982 e. The third-order valence-electron chi connectivity index (χ3n) is 5.37. The van der Waals surface area contributed by atoms with Gasteiger partial charge in [0.05, 0.1) is 12.7 Å². The van der Waals surface area contributed by atoms with Crippen LogP contribution >= 0.6 is 0 Å². The van der Waals surface area contributed by atoms with Crippen molar-refractivity contribution in [3.63, 3.8) is 0 Å². The van der Waals surface area contributed by atoms with Crippen LogP contribution in [0.1, 0.15) is 70.9 Å². The molecule has 148 valence electrons. The molecule has 0 fully saturated rings. The Morgan fingerprint density at radius 1 is 1.23 bits per heavy atom. The lowest BCUT2D eigenvalue weighted by atomic mass is 9.79. The summed E-state index contributed by atoms with van der Waals surface area (Å²) in [6, 6.07) is 4.43. The summed E-state index contributed by atoms with van der Waals surface area (Å²) in [7, 11) is 0. The Morgan fingerprint density at radius 3 is 2.58 bits per heavy atom. The van der Waals surface area contributed by atoms with Gasteiger partial charge in [-0.05, 0) is 69.2 Å². The molecule has 0 amide bonds. The number of nitrogens with zero attached hydrogens (tertiary/aromatic N) is 1. The molecule has 2 rings (SSSR count). The number of nitrogen functional groups attached to an aromatic ring is 1. The number of hydrogen-bond donors (Lipinski definition) is 1. The zero-order valence-corrected chi connectivity index (χ0v) is 17.6. The van der Waals surface area contributed by atoms with Crippen molar-refractivity contribution in [2.24, 2.45) is 0 Å². The number of aryl methyl sites for hydroxylation is 1. The Morgan fingerprint density at radius 2 is 1.92 bits per heavy atom. The van der Waals surface area contributed by atoms with Crippen molar-refractivity contribution in [3.05, 3.63) is 23.3 Å². The highest BCUT2D eigenvalue weighted by atomic mass is 16.5. The average molecular weight is 363 g/mol. The van der Waals surface area contributed by atoms with E-state index in [4.69, 9.17) is 15.2 Å². The summed E-state index contributed by atoms with van der Waals surface area (Å²) in [5.74, 6) is 0.505. The summed E-state index contributed by atoms with van der Waals surface area (Å²) in [6.07, 6.45) is 3.25. The molecule has 0 aliphatic carbocycles. The number of anilines is 2. The topological polar surface area (TPSA) is 47.7 Å². The molecule has 1 aliphatic rings. The lowest BCUT2D eigenvalue weighted by molar-refractivity contribution is -0.0141. The number of benzene rings is 1. The lowest BCUT2D eigenvalue weighted by Crippen LogP contribution is -2.52.